The Morgan fingerprint density at radius 3 is 2.86 bits per heavy atom. The van der Waals surface area contributed by atoms with E-state index in [1.54, 1.807) is 4.90 Å². The van der Waals surface area contributed by atoms with Crippen LogP contribution in [-0.4, -0.2) is 29.1 Å². The summed E-state index contributed by atoms with van der Waals surface area (Å²) in [5.74, 6) is 0.862. The fourth-order valence-corrected chi connectivity index (χ4v) is 2.76. The van der Waals surface area contributed by atoms with E-state index in [1.165, 1.54) is 5.56 Å². The van der Waals surface area contributed by atoms with E-state index in [0.717, 1.165) is 29.1 Å². The summed E-state index contributed by atoms with van der Waals surface area (Å²) in [4.78, 5) is 14.3. The monoisotopic (exact) mass is 285 g/mol. The molecule has 5 heteroatoms. The van der Waals surface area contributed by atoms with E-state index < -0.39 is 0 Å². The predicted octanol–water partition coefficient (Wildman–Crippen LogP) is 2.29. The number of aromatic nitrogens is 1. The Morgan fingerprint density at radius 1 is 1.43 bits per heavy atom. The first-order valence-corrected chi connectivity index (χ1v) is 7.07. The van der Waals surface area contributed by atoms with Gasteiger partial charge in [0.15, 0.2) is 0 Å². The molecule has 1 atom stereocenters. The highest BCUT2D eigenvalue weighted by atomic mass is 16.5. The van der Waals surface area contributed by atoms with Crippen LogP contribution in [0, 0.1) is 13.8 Å². The number of nitrogens with one attached hydrogen (secondary N) is 1. The van der Waals surface area contributed by atoms with Crippen LogP contribution in [-0.2, 0) is 17.8 Å². The van der Waals surface area contributed by atoms with Crippen LogP contribution in [0.2, 0.25) is 0 Å². The molecule has 21 heavy (non-hydrogen) atoms. The first-order valence-electron chi connectivity index (χ1n) is 7.07. The molecule has 1 aliphatic heterocycles. The molecule has 0 radical (unpaired) electrons. The predicted molar refractivity (Wildman–Crippen MR) is 80.0 cm³/mol. The Kier molecular flexibility index (Phi) is 3.41. The third-order valence-electron chi connectivity index (χ3n) is 4.02. The van der Waals surface area contributed by atoms with Gasteiger partial charge in [0.2, 0.25) is 5.91 Å². The molecule has 0 spiro atoms. The summed E-state index contributed by atoms with van der Waals surface area (Å²) in [6.45, 7) is 4.29. The van der Waals surface area contributed by atoms with E-state index in [0.29, 0.717) is 6.54 Å². The summed E-state index contributed by atoms with van der Waals surface area (Å²) in [7, 11) is 1.82. The molecular weight excluding hydrogens is 266 g/mol. The highest BCUT2D eigenvalue weighted by Gasteiger charge is 2.29. The van der Waals surface area contributed by atoms with Gasteiger partial charge in [-0.15, -0.1) is 0 Å². The summed E-state index contributed by atoms with van der Waals surface area (Å²) < 4.78 is 5.15. The normalized spacial score (nSPS) is 16.4. The van der Waals surface area contributed by atoms with Crippen LogP contribution in [0.5, 0.6) is 0 Å². The van der Waals surface area contributed by atoms with Crippen LogP contribution < -0.4 is 5.32 Å². The molecule has 2 heterocycles. The number of para-hydroxylation sites is 1. The molecule has 1 aromatic carbocycles. The van der Waals surface area contributed by atoms with Gasteiger partial charge in [0.1, 0.15) is 11.8 Å². The lowest BCUT2D eigenvalue weighted by Gasteiger charge is -2.21. The van der Waals surface area contributed by atoms with Crippen LogP contribution in [0.1, 0.15) is 22.6 Å². The SMILES string of the molecule is Cc1noc(C)c1CN(C)C(=O)C1Cc2ccccc2N1. The number of hydrogen-bond donors (Lipinski definition) is 1. The number of anilines is 1. The molecular formula is C16H19N3O2. The number of benzene rings is 1. The maximum atomic E-state index is 12.6. The van der Waals surface area contributed by atoms with Crippen molar-refractivity contribution >= 4 is 11.6 Å². The summed E-state index contributed by atoms with van der Waals surface area (Å²) in [6.07, 6.45) is 0.737. The second-order valence-electron chi connectivity index (χ2n) is 5.56. The van der Waals surface area contributed by atoms with Gasteiger partial charge in [-0.05, 0) is 25.5 Å². The van der Waals surface area contributed by atoms with Crippen molar-refractivity contribution in [2.75, 3.05) is 12.4 Å². The lowest BCUT2D eigenvalue weighted by Crippen LogP contribution is -2.39. The van der Waals surface area contributed by atoms with Crippen molar-refractivity contribution in [1.82, 2.24) is 10.1 Å². The molecule has 1 N–H and O–H groups in total. The minimum absolute atomic E-state index is 0.0891. The smallest absolute Gasteiger partial charge is 0.245 e. The second kappa shape index (κ2) is 5.24. The van der Waals surface area contributed by atoms with Gasteiger partial charge in [0.25, 0.3) is 0 Å². The number of carbonyl (C=O) groups excluding carboxylic acids is 1. The Bertz CT molecular complexity index is 633. The number of amides is 1. The first-order chi connectivity index (χ1) is 10.1. The van der Waals surface area contributed by atoms with Crippen LogP contribution >= 0.6 is 0 Å². The molecule has 2 aromatic rings. The van der Waals surface area contributed by atoms with Crippen LogP contribution in [0.25, 0.3) is 0 Å². The summed E-state index contributed by atoms with van der Waals surface area (Å²) in [5.41, 5.74) is 4.08. The third-order valence-corrected chi connectivity index (χ3v) is 4.02. The number of carbonyl (C=O) groups is 1. The van der Waals surface area contributed by atoms with Gasteiger partial charge in [0, 0.05) is 24.7 Å². The molecule has 0 aliphatic carbocycles. The maximum Gasteiger partial charge on any atom is 0.245 e. The molecule has 1 aliphatic rings. The average molecular weight is 285 g/mol. The number of likely N-dealkylation sites (N-methyl/N-ethyl adjacent to an activating group) is 1. The Balaban J connectivity index is 1.69. The van der Waals surface area contributed by atoms with Gasteiger partial charge in [-0.25, -0.2) is 0 Å². The summed E-state index contributed by atoms with van der Waals surface area (Å²) in [5, 5.41) is 7.22. The van der Waals surface area contributed by atoms with Crippen LogP contribution in [0.15, 0.2) is 28.8 Å². The summed E-state index contributed by atoms with van der Waals surface area (Å²) >= 11 is 0. The van der Waals surface area contributed by atoms with Crippen molar-refractivity contribution in [3.63, 3.8) is 0 Å². The van der Waals surface area contributed by atoms with Gasteiger partial charge in [-0.2, -0.15) is 0 Å². The largest absolute Gasteiger partial charge is 0.373 e. The molecule has 0 fully saturated rings. The standard InChI is InChI=1S/C16H19N3O2/c1-10-13(11(2)21-18-10)9-19(3)16(20)15-8-12-6-4-5-7-14(12)17-15/h4-7,15,17H,8-9H2,1-3H3. The fourth-order valence-electron chi connectivity index (χ4n) is 2.76. The first kappa shape index (κ1) is 13.7. The van der Waals surface area contributed by atoms with Gasteiger partial charge >= 0.3 is 0 Å². The Morgan fingerprint density at radius 2 is 2.19 bits per heavy atom. The zero-order valence-corrected chi connectivity index (χ0v) is 12.5. The van der Waals surface area contributed by atoms with Crippen LogP contribution in [0.3, 0.4) is 0 Å². The quantitative estimate of drug-likeness (QED) is 0.940. The van der Waals surface area contributed by atoms with E-state index >= 15 is 0 Å². The van der Waals surface area contributed by atoms with Crippen molar-refractivity contribution in [3.05, 3.63) is 46.8 Å². The molecule has 1 amide bonds. The van der Waals surface area contributed by atoms with E-state index in [1.807, 2.05) is 39.1 Å². The van der Waals surface area contributed by atoms with E-state index in [9.17, 15) is 4.79 Å². The Hall–Kier alpha value is -2.30. The van der Waals surface area contributed by atoms with Crippen molar-refractivity contribution in [2.24, 2.45) is 0 Å². The van der Waals surface area contributed by atoms with Gasteiger partial charge in [-0.3, -0.25) is 4.79 Å². The van der Waals surface area contributed by atoms with Gasteiger partial charge < -0.3 is 14.7 Å². The van der Waals surface area contributed by atoms with Crippen molar-refractivity contribution in [1.29, 1.82) is 0 Å². The lowest BCUT2D eigenvalue weighted by molar-refractivity contribution is -0.131. The highest BCUT2D eigenvalue weighted by Crippen LogP contribution is 2.26. The summed E-state index contributed by atoms with van der Waals surface area (Å²) in [6, 6.07) is 7.86. The topological polar surface area (TPSA) is 58.4 Å². The van der Waals surface area contributed by atoms with Crippen molar-refractivity contribution in [2.45, 2.75) is 32.9 Å². The van der Waals surface area contributed by atoms with E-state index in [4.69, 9.17) is 4.52 Å². The molecule has 0 bridgehead atoms. The molecule has 1 unspecified atom stereocenters. The van der Waals surface area contributed by atoms with Crippen LogP contribution in [0.4, 0.5) is 5.69 Å². The number of rotatable bonds is 3. The minimum atomic E-state index is -0.187. The molecule has 5 nitrogen and oxygen atoms in total. The van der Waals surface area contributed by atoms with Crippen molar-refractivity contribution in [3.8, 4) is 0 Å². The van der Waals surface area contributed by atoms with E-state index in [2.05, 4.69) is 16.5 Å². The fraction of sp³-hybridized carbons (Fsp3) is 0.375. The molecule has 0 saturated carbocycles. The number of aryl methyl sites for hydroxylation is 2. The zero-order chi connectivity index (χ0) is 15.0. The van der Waals surface area contributed by atoms with E-state index in [-0.39, 0.29) is 11.9 Å². The van der Waals surface area contributed by atoms with Gasteiger partial charge in [0.05, 0.1) is 12.2 Å². The zero-order valence-electron chi connectivity index (χ0n) is 12.5. The lowest BCUT2D eigenvalue weighted by atomic mass is 10.1. The number of hydrogen-bond acceptors (Lipinski definition) is 4. The van der Waals surface area contributed by atoms with Crippen molar-refractivity contribution < 1.29 is 9.32 Å². The molecule has 0 saturated heterocycles. The maximum absolute atomic E-state index is 12.6. The third kappa shape index (κ3) is 2.51. The number of fused-ring (bicyclic) bond motifs is 1. The minimum Gasteiger partial charge on any atom is -0.373 e. The Labute approximate surface area is 123 Å². The number of nitrogens with zero attached hydrogens (tertiary/aromatic N) is 2. The highest BCUT2D eigenvalue weighted by molar-refractivity contribution is 5.87. The second-order valence-corrected chi connectivity index (χ2v) is 5.56. The van der Waals surface area contributed by atoms with Gasteiger partial charge in [-0.1, -0.05) is 23.4 Å². The molecule has 3 rings (SSSR count). The molecule has 110 valence electrons. The average Bonchev–Trinajstić information content (AvgIpc) is 3.04. The molecule has 1 aromatic heterocycles.